The molecule has 6 nitrogen and oxygen atoms in total. The van der Waals surface area contributed by atoms with Crippen molar-refractivity contribution >= 4 is 10.9 Å². The summed E-state index contributed by atoms with van der Waals surface area (Å²) in [6.45, 7) is 1.86. The summed E-state index contributed by atoms with van der Waals surface area (Å²) in [5, 5.41) is 14.5. The molecule has 1 aliphatic rings. The molecule has 2 aromatic heterocycles. The average Bonchev–Trinajstić information content (AvgIpc) is 3.33. The summed E-state index contributed by atoms with van der Waals surface area (Å²) < 4.78 is 13.7. The molecule has 2 heterocycles. The second-order valence-electron chi connectivity index (χ2n) is 7.05. The van der Waals surface area contributed by atoms with Crippen molar-refractivity contribution in [2.24, 2.45) is 0 Å². The van der Waals surface area contributed by atoms with Gasteiger partial charge in [-0.3, -0.25) is 0 Å². The molecule has 0 radical (unpaired) electrons. The molecular formula is C22H18N4O2. The van der Waals surface area contributed by atoms with Gasteiger partial charge in [-0.25, -0.2) is 0 Å². The Morgan fingerprint density at radius 2 is 2.14 bits per heavy atom. The number of nitriles is 1. The van der Waals surface area contributed by atoms with Crippen LogP contribution in [0.4, 0.5) is 0 Å². The minimum atomic E-state index is -0.0192. The van der Waals surface area contributed by atoms with Gasteiger partial charge in [-0.2, -0.15) is 20.0 Å². The Labute approximate surface area is 162 Å². The van der Waals surface area contributed by atoms with E-state index in [0.717, 1.165) is 41.7 Å². The van der Waals surface area contributed by atoms with E-state index in [1.54, 1.807) is 17.1 Å². The first kappa shape index (κ1) is 16.6. The molecule has 138 valence electrons. The summed E-state index contributed by atoms with van der Waals surface area (Å²) in [5.74, 6) is 1.52. The molecule has 0 aliphatic heterocycles. The van der Waals surface area contributed by atoms with Gasteiger partial charge >= 0.3 is 6.01 Å². The Kier molecular flexibility index (Phi) is 3.87. The third-order valence-corrected chi connectivity index (χ3v) is 5.14. The largest absolute Gasteiger partial charge is 0.486 e. The highest BCUT2D eigenvalue weighted by molar-refractivity contribution is 5.81. The monoisotopic (exact) mass is 370 g/mol. The maximum atomic E-state index is 9.14. The van der Waals surface area contributed by atoms with Crippen molar-refractivity contribution < 1.29 is 9.15 Å². The highest BCUT2D eigenvalue weighted by Gasteiger charge is 2.22. The third kappa shape index (κ3) is 2.81. The lowest BCUT2D eigenvalue weighted by molar-refractivity contribution is 0.183. The number of hydrogen-bond donors (Lipinski definition) is 0. The topological polar surface area (TPSA) is 76.9 Å². The van der Waals surface area contributed by atoms with Gasteiger partial charge in [-0.05, 0) is 61.6 Å². The van der Waals surface area contributed by atoms with Crippen LogP contribution >= 0.6 is 0 Å². The van der Waals surface area contributed by atoms with Crippen LogP contribution in [0, 0.1) is 18.3 Å². The molecule has 5 rings (SSSR count). The lowest BCUT2D eigenvalue weighted by atomic mass is 9.88. The van der Waals surface area contributed by atoms with Gasteiger partial charge in [0.1, 0.15) is 17.6 Å². The Morgan fingerprint density at radius 3 is 2.96 bits per heavy atom. The van der Waals surface area contributed by atoms with Gasteiger partial charge in [-0.15, -0.1) is 0 Å². The van der Waals surface area contributed by atoms with Crippen LogP contribution in [0.3, 0.4) is 0 Å². The standard InChI is InChI=1S/C22H18N4O2/c1-14-12-24-22(27-14)26-20-10-18(7-6-17(20)13-25-26)28-21-4-2-3-16-9-15(11-23)5-8-19(16)21/h5-10,12-13,21H,2-4H2,1H3. The van der Waals surface area contributed by atoms with Crippen molar-refractivity contribution in [1.29, 1.82) is 5.26 Å². The van der Waals surface area contributed by atoms with Gasteiger partial charge in [0.2, 0.25) is 0 Å². The first-order valence-corrected chi connectivity index (χ1v) is 9.31. The van der Waals surface area contributed by atoms with Gasteiger partial charge in [0, 0.05) is 11.5 Å². The molecule has 0 spiro atoms. The molecular weight excluding hydrogens is 352 g/mol. The molecule has 6 heteroatoms. The summed E-state index contributed by atoms with van der Waals surface area (Å²) >= 11 is 0. The van der Waals surface area contributed by atoms with Crippen LogP contribution in [0.1, 0.15) is 41.4 Å². The highest BCUT2D eigenvalue weighted by atomic mass is 16.5. The number of ether oxygens (including phenoxy) is 1. The van der Waals surface area contributed by atoms with Gasteiger partial charge in [0.05, 0.1) is 29.5 Å². The Bertz CT molecular complexity index is 1210. The van der Waals surface area contributed by atoms with E-state index in [1.165, 1.54) is 11.1 Å². The molecule has 1 atom stereocenters. The van der Waals surface area contributed by atoms with E-state index in [4.69, 9.17) is 14.4 Å². The number of benzene rings is 2. The van der Waals surface area contributed by atoms with Crippen molar-refractivity contribution in [3.8, 4) is 17.8 Å². The number of aryl methyl sites for hydroxylation is 2. The summed E-state index contributed by atoms with van der Waals surface area (Å²) in [5.41, 5.74) is 3.96. The summed E-state index contributed by atoms with van der Waals surface area (Å²) in [7, 11) is 0. The lowest BCUT2D eigenvalue weighted by Crippen LogP contribution is -2.15. The fourth-order valence-corrected chi connectivity index (χ4v) is 3.79. The number of hydrogen-bond acceptors (Lipinski definition) is 5. The zero-order chi connectivity index (χ0) is 19.1. The van der Waals surface area contributed by atoms with Crippen molar-refractivity contribution in [2.45, 2.75) is 32.3 Å². The van der Waals surface area contributed by atoms with E-state index in [2.05, 4.69) is 16.2 Å². The van der Waals surface area contributed by atoms with E-state index in [1.807, 2.05) is 43.3 Å². The predicted molar refractivity (Wildman–Crippen MR) is 103 cm³/mol. The van der Waals surface area contributed by atoms with E-state index in [0.29, 0.717) is 11.6 Å². The normalized spacial score (nSPS) is 15.9. The molecule has 4 aromatic rings. The minimum absolute atomic E-state index is 0.0192. The molecule has 0 N–H and O–H groups in total. The van der Waals surface area contributed by atoms with E-state index < -0.39 is 0 Å². The lowest BCUT2D eigenvalue weighted by Gasteiger charge is -2.26. The quantitative estimate of drug-likeness (QED) is 0.525. The Hall–Kier alpha value is -3.59. The smallest absolute Gasteiger partial charge is 0.323 e. The fourth-order valence-electron chi connectivity index (χ4n) is 3.79. The van der Waals surface area contributed by atoms with Crippen LogP contribution in [-0.2, 0) is 6.42 Å². The predicted octanol–water partition coefficient (Wildman–Crippen LogP) is 4.65. The zero-order valence-corrected chi connectivity index (χ0v) is 15.4. The fraction of sp³-hybridized carbons (Fsp3) is 0.227. The van der Waals surface area contributed by atoms with Crippen LogP contribution in [0.5, 0.6) is 5.75 Å². The first-order valence-electron chi connectivity index (χ1n) is 9.31. The molecule has 1 unspecified atom stereocenters. The number of nitrogens with zero attached hydrogens (tertiary/aromatic N) is 4. The van der Waals surface area contributed by atoms with Crippen LogP contribution in [0.2, 0.25) is 0 Å². The van der Waals surface area contributed by atoms with Crippen LogP contribution in [0.25, 0.3) is 16.9 Å². The summed E-state index contributed by atoms with van der Waals surface area (Å²) in [6.07, 6.45) is 6.43. The van der Waals surface area contributed by atoms with E-state index in [9.17, 15) is 0 Å². The molecule has 28 heavy (non-hydrogen) atoms. The molecule has 0 saturated carbocycles. The number of oxazole rings is 1. The maximum Gasteiger partial charge on any atom is 0.323 e. The second kappa shape index (κ2) is 6.54. The molecule has 2 aromatic carbocycles. The van der Waals surface area contributed by atoms with Gasteiger partial charge < -0.3 is 9.15 Å². The Morgan fingerprint density at radius 1 is 1.21 bits per heavy atom. The highest BCUT2D eigenvalue weighted by Crippen LogP contribution is 2.35. The molecule has 0 saturated heterocycles. The number of rotatable bonds is 3. The van der Waals surface area contributed by atoms with Crippen LogP contribution in [-0.4, -0.2) is 14.8 Å². The molecule has 0 bridgehead atoms. The van der Waals surface area contributed by atoms with Crippen molar-refractivity contribution in [1.82, 2.24) is 14.8 Å². The van der Waals surface area contributed by atoms with E-state index in [-0.39, 0.29) is 6.10 Å². The SMILES string of the molecule is Cc1cnc(-n2ncc3ccc(OC4CCCc5cc(C#N)ccc54)cc32)o1. The van der Waals surface area contributed by atoms with Crippen molar-refractivity contribution in [2.75, 3.05) is 0 Å². The molecule has 0 amide bonds. The Balaban J connectivity index is 1.49. The summed E-state index contributed by atoms with van der Waals surface area (Å²) in [4.78, 5) is 4.27. The average molecular weight is 370 g/mol. The zero-order valence-electron chi connectivity index (χ0n) is 15.4. The third-order valence-electron chi connectivity index (χ3n) is 5.14. The van der Waals surface area contributed by atoms with Crippen molar-refractivity contribution in [3.05, 3.63) is 71.2 Å². The van der Waals surface area contributed by atoms with Crippen LogP contribution < -0.4 is 4.74 Å². The second-order valence-corrected chi connectivity index (χ2v) is 7.05. The van der Waals surface area contributed by atoms with Gasteiger partial charge in [0.15, 0.2) is 0 Å². The first-order chi connectivity index (χ1) is 13.7. The van der Waals surface area contributed by atoms with Crippen molar-refractivity contribution in [3.63, 3.8) is 0 Å². The maximum absolute atomic E-state index is 9.14. The molecule has 1 aliphatic carbocycles. The summed E-state index contributed by atoms with van der Waals surface area (Å²) in [6, 6.07) is 14.5. The molecule has 0 fully saturated rings. The van der Waals surface area contributed by atoms with E-state index >= 15 is 0 Å². The number of fused-ring (bicyclic) bond motifs is 2. The van der Waals surface area contributed by atoms with Gasteiger partial charge in [0.25, 0.3) is 0 Å². The van der Waals surface area contributed by atoms with Gasteiger partial charge in [-0.1, -0.05) is 6.07 Å². The van der Waals surface area contributed by atoms with Crippen LogP contribution in [0.15, 0.2) is 53.2 Å². The number of aromatic nitrogens is 3. The minimum Gasteiger partial charge on any atom is -0.486 e.